The van der Waals surface area contributed by atoms with Gasteiger partial charge in [0.15, 0.2) is 0 Å². The van der Waals surface area contributed by atoms with Gasteiger partial charge in [-0.05, 0) is 24.3 Å². The highest BCUT2D eigenvalue weighted by molar-refractivity contribution is 6.36. The van der Waals surface area contributed by atoms with Crippen LogP contribution in [0, 0.1) is 10.1 Å². The number of halogens is 3. The molecule has 0 spiro atoms. The third-order valence-corrected chi connectivity index (χ3v) is 4.26. The lowest BCUT2D eigenvalue weighted by atomic mass is 10.2. The summed E-state index contributed by atoms with van der Waals surface area (Å²) in [6.07, 6.45) is 0.954. The molecule has 8 nitrogen and oxygen atoms in total. The van der Waals surface area contributed by atoms with Crippen LogP contribution in [0.15, 0.2) is 41.5 Å². The molecule has 2 N–H and O–H groups in total. The second-order valence-electron chi connectivity index (χ2n) is 5.43. The summed E-state index contributed by atoms with van der Waals surface area (Å²) in [5.41, 5.74) is 2.72. The molecular formula is C17H13Cl3N4O4. The Labute approximate surface area is 174 Å². The Morgan fingerprint density at radius 1 is 1.04 bits per heavy atom. The smallest absolute Gasteiger partial charge is 0.270 e. The van der Waals surface area contributed by atoms with Gasteiger partial charge < -0.3 is 5.32 Å². The molecular weight excluding hydrogens is 431 g/mol. The minimum absolute atomic E-state index is 0.0993. The number of hydrazone groups is 1. The Kier molecular flexibility index (Phi) is 7.74. The van der Waals surface area contributed by atoms with E-state index in [1.54, 1.807) is 12.1 Å². The third kappa shape index (κ3) is 6.49. The molecule has 2 aromatic rings. The summed E-state index contributed by atoms with van der Waals surface area (Å²) in [7, 11) is 0. The second kappa shape index (κ2) is 10.0. The van der Waals surface area contributed by atoms with Crippen LogP contribution in [0.3, 0.4) is 0 Å². The number of amides is 2. The van der Waals surface area contributed by atoms with Gasteiger partial charge in [-0.25, -0.2) is 5.43 Å². The van der Waals surface area contributed by atoms with Gasteiger partial charge in [0.2, 0.25) is 11.8 Å². The molecule has 2 amide bonds. The molecule has 0 aromatic heterocycles. The average Bonchev–Trinajstić information content (AvgIpc) is 2.63. The molecule has 0 atom stereocenters. The number of rotatable bonds is 7. The van der Waals surface area contributed by atoms with Crippen molar-refractivity contribution in [3.05, 3.63) is 67.1 Å². The Hall–Kier alpha value is -2.68. The van der Waals surface area contributed by atoms with Crippen molar-refractivity contribution in [3.8, 4) is 0 Å². The molecule has 0 bridgehead atoms. The molecule has 2 rings (SSSR count). The van der Waals surface area contributed by atoms with Crippen LogP contribution >= 0.6 is 34.8 Å². The van der Waals surface area contributed by atoms with E-state index in [0.29, 0.717) is 10.7 Å². The van der Waals surface area contributed by atoms with E-state index in [2.05, 4.69) is 15.8 Å². The zero-order valence-electron chi connectivity index (χ0n) is 14.1. The molecule has 0 saturated heterocycles. The quantitative estimate of drug-likeness (QED) is 0.374. The molecule has 0 heterocycles. The van der Waals surface area contributed by atoms with E-state index in [1.807, 2.05) is 0 Å². The highest BCUT2D eigenvalue weighted by atomic mass is 35.5. The SMILES string of the molecule is O=C(CCC(=O)Nc1ccc(Cl)cc1Cl)N/N=C/c1cc([N+](=O)[O-])ccc1Cl. The van der Waals surface area contributed by atoms with Crippen molar-refractivity contribution in [2.75, 3.05) is 5.32 Å². The molecule has 2 aromatic carbocycles. The van der Waals surface area contributed by atoms with E-state index in [4.69, 9.17) is 34.8 Å². The third-order valence-electron chi connectivity index (χ3n) is 3.37. The van der Waals surface area contributed by atoms with Gasteiger partial charge in [-0.1, -0.05) is 34.8 Å². The monoisotopic (exact) mass is 442 g/mol. The largest absolute Gasteiger partial charge is 0.325 e. The predicted octanol–water partition coefficient (Wildman–Crippen LogP) is 4.42. The first-order valence-electron chi connectivity index (χ1n) is 7.77. The Bertz CT molecular complexity index is 950. The van der Waals surface area contributed by atoms with Crippen LogP contribution < -0.4 is 10.7 Å². The fourth-order valence-electron chi connectivity index (χ4n) is 2.00. The van der Waals surface area contributed by atoms with Gasteiger partial charge in [0, 0.05) is 40.6 Å². The number of nitrogens with zero attached hydrogens (tertiary/aromatic N) is 2. The maximum Gasteiger partial charge on any atom is 0.270 e. The predicted molar refractivity (Wildman–Crippen MR) is 108 cm³/mol. The first-order chi connectivity index (χ1) is 13.3. The molecule has 28 heavy (non-hydrogen) atoms. The lowest BCUT2D eigenvalue weighted by Gasteiger charge is -2.07. The first kappa shape index (κ1) is 21.6. The molecule has 0 fully saturated rings. The molecule has 0 saturated carbocycles. The van der Waals surface area contributed by atoms with Crippen LogP contribution in [0.2, 0.25) is 15.1 Å². The van der Waals surface area contributed by atoms with Gasteiger partial charge in [-0.2, -0.15) is 5.10 Å². The number of nitro benzene ring substituents is 1. The van der Waals surface area contributed by atoms with Crippen LogP contribution in [0.4, 0.5) is 11.4 Å². The lowest BCUT2D eigenvalue weighted by Crippen LogP contribution is -2.20. The van der Waals surface area contributed by atoms with Crippen LogP contribution in [0.5, 0.6) is 0 Å². The van der Waals surface area contributed by atoms with E-state index in [1.165, 1.54) is 30.5 Å². The van der Waals surface area contributed by atoms with Crippen LogP contribution in [-0.2, 0) is 9.59 Å². The highest BCUT2D eigenvalue weighted by Crippen LogP contribution is 2.25. The van der Waals surface area contributed by atoms with Crippen molar-refractivity contribution >= 4 is 64.2 Å². The maximum absolute atomic E-state index is 11.9. The molecule has 146 valence electrons. The van der Waals surface area contributed by atoms with Crippen molar-refractivity contribution in [3.63, 3.8) is 0 Å². The average molecular weight is 444 g/mol. The summed E-state index contributed by atoms with van der Waals surface area (Å²) >= 11 is 17.7. The highest BCUT2D eigenvalue weighted by Gasteiger charge is 2.10. The number of carbonyl (C=O) groups excluding carboxylic acids is 2. The minimum atomic E-state index is -0.572. The van der Waals surface area contributed by atoms with Gasteiger partial charge in [0.25, 0.3) is 5.69 Å². The van der Waals surface area contributed by atoms with Gasteiger partial charge in [0.05, 0.1) is 21.8 Å². The molecule has 0 aliphatic heterocycles. The van der Waals surface area contributed by atoms with Crippen LogP contribution in [0.1, 0.15) is 18.4 Å². The molecule has 0 radical (unpaired) electrons. The van der Waals surface area contributed by atoms with Crippen molar-refractivity contribution in [1.29, 1.82) is 0 Å². The van der Waals surface area contributed by atoms with E-state index < -0.39 is 16.7 Å². The number of benzene rings is 2. The van der Waals surface area contributed by atoms with E-state index in [9.17, 15) is 19.7 Å². The fourth-order valence-corrected chi connectivity index (χ4v) is 2.63. The van der Waals surface area contributed by atoms with Gasteiger partial charge >= 0.3 is 0 Å². The normalized spacial score (nSPS) is 10.7. The Morgan fingerprint density at radius 2 is 1.75 bits per heavy atom. The summed E-state index contributed by atoms with van der Waals surface area (Å²) in [6, 6.07) is 8.44. The van der Waals surface area contributed by atoms with Crippen molar-refractivity contribution in [2.45, 2.75) is 12.8 Å². The second-order valence-corrected chi connectivity index (χ2v) is 6.68. The summed E-state index contributed by atoms with van der Waals surface area (Å²) in [5, 5.41) is 18.0. The zero-order chi connectivity index (χ0) is 20.7. The molecule has 0 aliphatic carbocycles. The number of hydrogen-bond acceptors (Lipinski definition) is 5. The summed E-state index contributed by atoms with van der Waals surface area (Å²) in [6.45, 7) is 0. The molecule has 11 heteroatoms. The maximum atomic E-state index is 11.9. The number of hydrogen-bond donors (Lipinski definition) is 2. The van der Waals surface area contributed by atoms with Crippen LogP contribution in [-0.4, -0.2) is 23.0 Å². The fraction of sp³-hybridized carbons (Fsp3) is 0.118. The molecule has 0 unspecified atom stereocenters. The topological polar surface area (TPSA) is 114 Å². The Balaban J connectivity index is 1.84. The summed E-state index contributed by atoms with van der Waals surface area (Å²) < 4.78 is 0. The zero-order valence-corrected chi connectivity index (χ0v) is 16.4. The van der Waals surface area contributed by atoms with E-state index in [-0.39, 0.29) is 34.1 Å². The number of carbonyl (C=O) groups is 2. The minimum Gasteiger partial charge on any atom is -0.325 e. The van der Waals surface area contributed by atoms with Crippen molar-refractivity contribution in [1.82, 2.24) is 5.43 Å². The van der Waals surface area contributed by atoms with Gasteiger partial charge in [0.1, 0.15) is 0 Å². The number of nitro groups is 1. The molecule has 0 aliphatic rings. The van der Waals surface area contributed by atoms with Crippen molar-refractivity contribution in [2.24, 2.45) is 5.10 Å². The van der Waals surface area contributed by atoms with Gasteiger partial charge in [-0.15, -0.1) is 0 Å². The number of anilines is 1. The number of nitrogens with one attached hydrogen (secondary N) is 2. The lowest BCUT2D eigenvalue weighted by molar-refractivity contribution is -0.384. The van der Waals surface area contributed by atoms with Gasteiger partial charge in [-0.3, -0.25) is 19.7 Å². The number of non-ortho nitro benzene ring substituents is 1. The van der Waals surface area contributed by atoms with E-state index in [0.717, 1.165) is 0 Å². The van der Waals surface area contributed by atoms with Crippen LogP contribution in [0.25, 0.3) is 0 Å². The Morgan fingerprint density at radius 3 is 2.43 bits per heavy atom. The summed E-state index contributed by atoms with van der Waals surface area (Å²) in [4.78, 5) is 33.9. The van der Waals surface area contributed by atoms with E-state index >= 15 is 0 Å². The van der Waals surface area contributed by atoms with Crippen molar-refractivity contribution < 1.29 is 14.5 Å². The standard InChI is InChI=1S/C17H13Cl3N4O4/c18-11-1-4-15(14(20)8-11)22-16(25)5-6-17(26)23-21-9-10-7-12(24(27)28)2-3-13(10)19/h1-4,7-9H,5-6H2,(H,22,25)(H,23,26)/b21-9+. The summed E-state index contributed by atoms with van der Waals surface area (Å²) in [5.74, 6) is -0.930. The first-order valence-corrected chi connectivity index (χ1v) is 8.90.